The van der Waals surface area contributed by atoms with Crippen LogP contribution >= 0.6 is 23.2 Å². The third-order valence-electron chi connectivity index (χ3n) is 5.23. The third kappa shape index (κ3) is 5.65. The highest BCUT2D eigenvalue weighted by Gasteiger charge is 2.18. The molecule has 0 saturated carbocycles. The SMILES string of the molecule is CCN(CC)CCCNc1ncc2cc(-c3c(Cl)cccc3Cl)c(N(C)C=NC)nc2n1. The second-order valence-corrected chi connectivity index (χ2v) is 8.17. The van der Waals surface area contributed by atoms with Gasteiger partial charge in [0, 0.05) is 43.4 Å². The average molecular weight is 474 g/mol. The Labute approximate surface area is 199 Å². The van der Waals surface area contributed by atoms with Gasteiger partial charge in [-0.15, -0.1) is 0 Å². The molecule has 0 unspecified atom stereocenters. The van der Waals surface area contributed by atoms with Gasteiger partial charge < -0.3 is 15.1 Å². The van der Waals surface area contributed by atoms with Crippen LogP contribution in [-0.2, 0) is 0 Å². The smallest absolute Gasteiger partial charge is 0.224 e. The molecule has 2 aromatic heterocycles. The van der Waals surface area contributed by atoms with Crippen molar-refractivity contribution in [2.45, 2.75) is 20.3 Å². The minimum absolute atomic E-state index is 0.550. The minimum Gasteiger partial charge on any atom is -0.354 e. The van der Waals surface area contributed by atoms with Crippen molar-refractivity contribution in [2.75, 3.05) is 50.5 Å². The molecule has 0 aliphatic carbocycles. The highest BCUT2D eigenvalue weighted by molar-refractivity contribution is 6.39. The van der Waals surface area contributed by atoms with Crippen molar-refractivity contribution in [3.63, 3.8) is 0 Å². The van der Waals surface area contributed by atoms with Crippen molar-refractivity contribution in [3.05, 3.63) is 40.5 Å². The molecule has 1 aromatic carbocycles. The van der Waals surface area contributed by atoms with Gasteiger partial charge in [-0.3, -0.25) is 4.99 Å². The molecule has 7 nitrogen and oxygen atoms in total. The summed E-state index contributed by atoms with van der Waals surface area (Å²) in [4.78, 5) is 22.2. The number of nitrogens with zero attached hydrogens (tertiary/aromatic N) is 6. The van der Waals surface area contributed by atoms with Gasteiger partial charge in [0.25, 0.3) is 0 Å². The molecule has 32 heavy (non-hydrogen) atoms. The first-order chi connectivity index (χ1) is 15.5. The monoisotopic (exact) mass is 473 g/mol. The first-order valence-electron chi connectivity index (χ1n) is 10.7. The molecular weight excluding hydrogens is 445 g/mol. The van der Waals surface area contributed by atoms with E-state index in [0.717, 1.165) is 49.1 Å². The lowest BCUT2D eigenvalue weighted by Gasteiger charge is -2.19. The summed E-state index contributed by atoms with van der Waals surface area (Å²) in [5.41, 5.74) is 2.10. The average Bonchev–Trinajstić information content (AvgIpc) is 2.78. The van der Waals surface area contributed by atoms with E-state index in [4.69, 9.17) is 28.2 Å². The molecule has 0 fully saturated rings. The fourth-order valence-corrected chi connectivity index (χ4v) is 4.12. The Morgan fingerprint density at radius 3 is 2.50 bits per heavy atom. The van der Waals surface area contributed by atoms with Crippen LogP contribution in [0.3, 0.4) is 0 Å². The number of anilines is 2. The van der Waals surface area contributed by atoms with E-state index in [1.807, 2.05) is 36.2 Å². The molecule has 0 spiro atoms. The molecule has 3 aromatic rings. The van der Waals surface area contributed by atoms with Gasteiger partial charge in [-0.2, -0.15) is 4.98 Å². The molecule has 0 saturated heterocycles. The van der Waals surface area contributed by atoms with Gasteiger partial charge in [0.2, 0.25) is 5.95 Å². The number of rotatable bonds is 10. The number of fused-ring (bicyclic) bond motifs is 1. The van der Waals surface area contributed by atoms with Crippen LogP contribution in [0.25, 0.3) is 22.2 Å². The van der Waals surface area contributed by atoms with Crippen molar-refractivity contribution < 1.29 is 0 Å². The van der Waals surface area contributed by atoms with Crippen LogP contribution in [0.1, 0.15) is 20.3 Å². The van der Waals surface area contributed by atoms with E-state index < -0.39 is 0 Å². The highest BCUT2D eigenvalue weighted by Crippen LogP contribution is 2.40. The third-order valence-corrected chi connectivity index (χ3v) is 5.86. The summed E-state index contributed by atoms with van der Waals surface area (Å²) in [5.74, 6) is 1.22. The van der Waals surface area contributed by atoms with Gasteiger partial charge in [0.1, 0.15) is 5.82 Å². The summed E-state index contributed by atoms with van der Waals surface area (Å²) < 4.78 is 0. The van der Waals surface area contributed by atoms with E-state index >= 15 is 0 Å². The first kappa shape index (κ1) is 24.2. The lowest BCUT2D eigenvalue weighted by molar-refractivity contribution is 0.303. The zero-order chi connectivity index (χ0) is 23.1. The number of halogens is 2. The van der Waals surface area contributed by atoms with E-state index in [1.54, 1.807) is 19.6 Å². The quantitative estimate of drug-likeness (QED) is 0.246. The summed E-state index contributed by atoms with van der Waals surface area (Å²) in [6.07, 6.45) is 4.48. The number of benzene rings is 1. The van der Waals surface area contributed by atoms with Crippen molar-refractivity contribution in [3.8, 4) is 11.1 Å². The Balaban J connectivity index is 1.94. The van der Waals surface area contributed by atoms with E-state index in [-0.39, 0.29) is 0 Å². The molecule has 0 aliphatic heterocycles. The largest absolute Gasteiger partial charge is 0.354 e. The van der Waals surface area contributed by atoms with Gasteiger partial charge in [0.05, 0.1) is 16.4 Å². The van der Waals surface area contributed by atoms with Crippen LogP contribution in [0.15, 0.2) is 35.5 Å². The van der Waals surface area contributed by atoms with E-state index in [1.165, 1.54) is 0 Å². The molecule has 0 amide bonds. The Kier molecular flexibility index (Phi) is 8.61. The van der Waals surface area contributed by atoms with Crippen molar-refractivity contribution >= 4 is 52.3 Å². The summed E-state index contributed by atoms with van der Waals surface area (Å²) in [5, 5.41) is 5.21. The maximum Gasteiger partial charge on any atom is 0.224 e. The lowest BCUT2D eigenvalue weighted by Crippen LogP contribution is -2.25. The zero-order valence-electron chi connectivity index (χ0n) is 18.9. The molecular formula is C23H29Cl2N7. The van der Waals surface area contributed by atoms with Gasteiger partial charge in [-0.05, 0) is 44.3 Å². The molecule has 2 heterocycles. The topological polar surface area (TPSA) is 69.5 Å². The summed E-state index contributed by atoms with van der Waals surface area (Å²) >= 11 is 13.0. The fraction of sp³-hybridized carbons (Fsp3) is 0.391. The number of nitrogens with one attached hydrogen (secondary N) is 1. The van der Waals surface area contributed by atoms with Gasteiger partial charge in [-0.25, -0.2) is 9.97 Å². The van der Waals surface area contributed by atoms with E-state index in [2.05, 4.69) is 39.0 Å². The Hall–Kier alpha value is -2.48. The van der Waals surface area contributed by atoms with Gasteiger partial charge >= 0.3 is 0 Å². The highest BCUT2D eigenvalue weighted by atomic mass is 35.5. The number of aromatic nitrogens is 3. The molecule has 0 aliphatic rings. The van der Waals surface area contributed by atoms with E-state index in [9.17, 15) is 0 Å². The molecule has 3 rings (SSSR count). The maximum atomic E-state index is 6.50. The van der Waals surface area contributed by atoms with Crippen LogP contribution in [0.2, 0.25) is 10.0 Å². The standard InChI is InChI=1S/C23H29Cl2N7/c1-5-32(6-2)12-8-11-27-23-28-14-16-13-17(20-18(24)9-7-10-19(20)25)22(29-21(16)30-23)31(4)15-26-3/h7,9-10,13-15H,5-6,8,11-12H2,1-4H3,(H,27,28,29,30). The molecule has 1 N–H and O–H groups in total. The Morgan fingerprint density at radius 2 is 1.84 bits per heavy atom. The summed E-state index contributed by atoms with van der Waals surface area (Å²) in [7, 11) is 3.59. The van der Waals surface area contributed by atoms with Crippen LogP contribution in [-0.4, -0.2) is 66.5 Å². The predicted molar refractivity (Wildman–Crippen MR) is 137 cm³/mol. The molecule has 9 heteroatoms. The summed E-state index contributed by atoms with van der Waals surface area (Å²) in [6.45, 7) is 8.31. The second kappa shape index (κ2) is 11.4. The molecule has 0 bridgehead atoms. The van der Waals surface area contributed by atoms with Crippen molar-refractivity contribution in [2.24, 2.45) is 4.99 Å². The predicted octanol–water partition coefficient (Wildman–Crippen LogP) is 5.24. The lowest BCUT2D eigenvalue weighted by atomic mass is 10.0. The number of aliphatic imine (C=N–C) groups is 1. The number of pyridine rings is 1. The minimum atomic E-state index is 0.550. The first-order valence-corrected chi connectivity index (χ1v) is 11.5. The molecule has 0 atom stereocenters. The van der Waals surface area contributed by atoms with Crippen LogP contribution < -0.4 is 10.2 Å². The van der Waals surface area contributed by atoms with Crippen molar-refractivity contribution in [1.29, 1.82) is 0 Å². The van der Waals surface area contributed by atoms with Crippen molar-refractivity contribution in [1.82, 2.24) is 19.9 Å². The maximum absolute atomic E-state index is 6.50. The zero-order valence-corrected chi connectivity index (χ0v) is 20.5. The Bertz CT molecular complexity index is 1060. The van der Waals surface area contributed by atoms with Crippen LogP contribution in [0.4, 0.5) is 11.8 Å². The fourth-order valence-electron chi connectivity index (χ4n) is 3.52. The molecule has 170 valence electrons. The van der Waals surface area contributed by atoms with Crippen LogP contribution in [0, 0.1) is 0 Å². The van der Waals surface area contributed by atoms with Gasteiger partial charge in [0.15, 0.2) is 5.65 Å². The Morgan fingerprint density at radius 1 is 1.12 bits per heavy atom. The normalized spacial score (nSPS) is 11.6. The molecule has 0 radical (unpaired) electrons. The van der Waals surface area contributed by atoms with Gasteiger partial charge in [-0.1, -0.05) is 43.1 Å². The van der Waals surface area contributed by atoms with Crippen LogP contribution in [0.5, 0.6) is 0 Å². The summed E-state index contributed by atoms with van der Waals surface area (Å²) in [6, 6.07) is 7.41. The second-order valence-electron chi connectivity index (χ2n) is 7.35. The van der Waals surface area contributed by atoms with E-state index in [0.29, 0.717) is 27.5 Å². The number of hydrogen-bond acceptors (Lipinski definition) is 6. The number of hydrogen-bond donors (Lipinski definition) is 1.